The molecule has 1 heterocycles. The van der Waals surface area contributed by atoms with E-state index < -0.39 is 0 Å². The fourth-order valence-electron chi connectivity index (χ4n) is 1.45. The zero-order valence-corrected chi connectivity index (χ0v) is 8.72. The molecule has 78 valence electrons. The van der Waals surface area contributed by atoms with E-state index in [2.05, 4.69) is 0 Å². The van der Waals surface area contributed by atoms with Gasteiger partial charge in [-0.3, -0.25) is 0 Å². The molecular weight excluding hydrogens is 182 g/mol. The molecule has 0 spiro atoms. The van der Waals surface area contributed by atoms with Gasteiger partial charge in [0.1, 0.15) is 17.1 Å². The quantitative estimate of drug-likeness (QED) is 0.746. The number of hydrogen-bond donors (Lipinski definition) is 1. The minimum absolute atomic E-state index is 0.289. The highest BCUT2D eigenvalue weighted by atomic mass is 16.5. The smallest absolute Gasteiger partial charge is 0.342 e. The van der Waals surface area contributed by atoms with Gasteiger partial charge in [0.05, 0.1) is 6.61 Å². The van der Waals surface area contributed by atoms with Gasteiger partial charge in [0.25, 0.3) is 0 Å². The summed E-state index contributed by atoms with van der Waals surface area (Å²) >= 11 is 0. The molecule has 0 saturated heterocycles. The van der Waals surface area contributed by atoms with Crippen molar-refractivity contribution in [1.29, 1.82) is 0 Å². The third-order valence-corrected chi connectivity index (χ3v) is 2.07. The molecule has 0 radical (unpaired) electrons. The van der Waals surface area contributed by atoms with Crippen molar-refractivity contribution < 1.29 is 13.9 Å². The third kappa shape index (κ3) is 1.80. The first-order chi connectivity index (χ1) is 6.61. The van der Waals surface area contributed by atoms with Crippen LogP contribution in [0, 0.1) is 13.8 Å². The van der Waals surface area contributed by atoms with Crippen LogP contribution in [0.4, 0.5) is 0 Å². The average molecular weight is 197 g/mol. The monoisotopic (exact) mass is 197 g/mol. The Kier molecular flexibility index (Phi) is 3.30. The fraction of sp³-hybridized carbons (Fsp3) is 0.500. The second-order valence-electron chi connectivity index (χ2n) is 2.99. The number of carbonyl (C=O) groups excluding carboxylic acids is 1. The predicted octanol–water partition coefficient (Wildman–Crippen LogP) is 1.53. The molecule has 1 aromatic heterocycles. The van der Waals surface area contributed by atoms with Gasteiger partial charge in [-0.1, -0.05) is 0 Å². The van der Waals surface area contributed by atoms with E-state index >= 15 is 0 Å². The van der Waals surface area contributed by atoms with Crippen LogP contribution < -0.4 is 5.73 Å². The molecule has 0 aliphatic carbocycles. The molecule has 0 aliphatic rings. The van der Waals surface area contributed by atoms with Gasteiger partial charge in [0, 0.05) is 12.1 Å². The van der Waals surface area contributed by atoms with Crippen LogP contribution in [0.3, 0.4) is 0 Å². The Labute approximate surface area is 83.0 Å². The number of furan rings is 1. The lowest BCUT2D eigenvalue weighted by Crippen LogP contribution is -2.10. The van der Waals surface area contributed by atoms with E-state index in [-0.39, 0.29) is 12.5 Å². The van der Waals surface area contributed by atoms with Gasteiger partial charge in [-0.05, 0) is 20.8 Å². The van der Waals surface area contributed by atoms with Gasteiger partial charge in [-0.2, -0.15) is 0 Å². The molecular formula is C10H15NO3. The standard InChI is InChI=1S/C10H15NO3/c1-4-13-10(12)9-7(3)14-6(2)8(9)5-11/h4-5,11H2,1-3H3. The largest absolute Gasteiger partial charge is 0.465 e. The maximum atomic E-state index is 11.5. The summed E-state index contributed by atoms with van der Waals surface area (Å²) in [4.78, 5) is 11.5. The minimum atomic E-state index is -0.359. The number of carbonyl (C=O) groups is 1. The molecule has 0 amide bonds. The van der Waals surface area contributed by atoms with E-state index in [1.54, 1.807) is 20.8 Å². The first-order valence-corrected chi connectivity index (χ1v) is 4.57. The van der Waals surface area contributed by atoms with Gasteiger partial charge < -0.3 is 14.9 Å². The SMILES string of the molecule is CCOC(=O)c1c(C)oc(C)c1CN. The number of ether oxygens (including phenoxy) is 1. The molecule has 0 saturated carbocycles. The van der Waals surface area contributed by atoms with Crippen molar-refractivity contribution in [3.63, 3.8) is 0 Å². The van der Waals surface area contributed by atoms with E-state index in [9.17, 15) is 4.79 Å². The van der Waals surface area contributed by atoms with Crippen LogP contribution in [0.25, 0.3) is 0 Å². The van der Waals surface area contributed by atoms with Crippen LogP contribution in [0.2, 0.25) is 0 Å². The van der Waals surface area contributed by atoms with E-state index in [0.717, 1.165) is 5.56 Å². The van der Waals surface area contributed by atoms with E-state index in [4.69, 9.17) is 14.9 Å². The third-order valence-electron chi connectivity index (χ3n) is 2.07. The highest BCUT2D eigenvalue weighted by Crippen LogP contribution is 2.22. The van der Waals surface area contributed by atoms with Gasteiger partial charge in [0.15, 0.2) is 0 Å². The maximum Gasteiger partial charge on any atom is 0.342 e. The van der Waals surface area contributed by atoms with Crippen molar-refractivity contribution in [2.45, 2.75) is 27.3 Å². The van der Waals surface area contributed by atoms with Crippen LogP contribution in [0.15, 0.2) is 4.42 Å². The van der Waals surface area contributed by atoms with Crippen LogP contribution in [0.1, 0.15) is 34.4 Å². The molecule has 0 fully saturated rings. The first kappa shape index (κ1) is 10.8. The maximum absolute atomic E-state index is 11.5. The van der Waals surface area contributed by atoms with Crippen molar-refractivity contribution >= 4 is 5.97 Å². The van der Waals surface area contributed by atoms with Crippen molar-refractivity contribution in [2.24, 2.45) is 5.73 Å². The zero-order chi connectivity index (χ0) is 10.7. The lowest BCUT2D eigenvalue weighted by molar-refractivity contribution is 0.0523. The molecule has 0 aromatic carbocycles. The van der Waals surface area contributed by atoms with Crippen LogP contribution in [-0.2, 0) is 11.3 Å². The van der Waals surface area contributed by atoms with E-state index in [1.165, 1.54) is 0 Å². The summed E-state index contributed by atoms with van der Waals surface area (Å²) in [5.41, 5.74) is 6.75. The van der Waals surface area contributed by atoms with E-state index in [1.807, 2.05) is 0 Å². The minimum Gasteiger partial charge on any atom is -0.465 e. The van der Waals surface area contributed by atoms with Gasteiger partial charge in [0.2, 0.25) is 0 Å². The van der Waals surface area contributed by atoms with Crippen LogP contribution >= 0.6 is 0 Å². The number of aryl methyl sites for hydroxylation is 2. The Bertz CT molecular complexity index is 341. The molecule has 0 bridgehead atoms. The first-order valence-electron chi connectivity index (χ1n) is 4.57. The van der Waals surface area contributed by atoms with Crippen LogP contribution in [0.5, 0.6) is 0 Å². The molecule has 4 heteroatoms. The fourth-order valence-corrected chi connectivity index (χ4v) is 1.45. The number of esters is 1. The topological polar surface area (TPSA) is 65.5 Å². The number of rotatable bonds is 3. The second-order valence-corrected chi connectivity index (χ2v) is 2.99. The van der Waals surface area contributed by atoms with Crippen molar-refractivity contribution in [3.05, 3.63) is 22.6 Å². The van der Waals surface area contributed by atoms with Crippen LogP contribution in [-0.4, -0.2) is 12.6 Å². The summed E-state index contributed by atoms with van der Waals surface area (Å²) in [5.74, 6) is 0.900. The summed E-state index contributed by atoms with van der Waals surface area (Å²) in [5, 5.41) is 0. The molecule has 1 rings (SSSR count). The Balaban J connectivity index is 3.11. The van der Waals surface area contributed by atoms with Gasteiger partial charge in [-0.25, -0.2) is 4.79 Å². The highest BCUT2D eigenvalue weighted by Gasteiger charge is 2.21. The average Bonchev–Trinajstić information content (AvgIpc) is 2.40. The lowest BCUT2D eigenvalue weighted by atomic mass is 10.1. The Hall–Kier alpha value is -1.29. The number of hydrogen-bond acceptors (Lipinski definition) is 4. The normalized spacial score (nSPS) is 10.3. The summed E-state index contributed by atoms with van der Waals surface area (Å²) < 4.78 is 10.2. The zero-order valence-electron chi connectivity index (χ0n) is 8.72. The summed E-state index contributed by atoms with van der Waals surface area (Å²) in [6, 6.07) is 0. The van der Waals surface area contributed by atoms with Crippen molar-refractivity contribution in [2.75, 3.05) is 6.61 Å². The molecule has 4 nitrogen and oxygen atoms in total. The number of nitrogens with two attached hydrogens (primary N) is 1. The molecule has 0 atom stereocenters. The summed E-state index contributed by atoms with van der Waals surface area (Å²) in [7, 11) is 0. The Morgan fingerprint density at radius 3 is 2.57 bits per heavy atom. The lowest BCUT2D eigenvalue weighted by Gasteiger charge is -2.02. The van der Waals surface area contributed by atoms with Crippen molar-refractivity contribution in [1.82, 2.24) is 0 Å². The Morgan fingerprint density at radius 1 is 1.43 bits per heavy atom. The molecule has 1 aromatic rings. The van der Waals surface area contributed by atoms with E-state index in [0.29, 0.717) is 23.7 Å². The van der Waals surface area contributed by atoms with Crippen molar-refractivity contribution in [3.8, 4) is 0 Å². The molecule has 14 heavy (non-hydrogen) atoms. The second kappa shape index (κ2) is 4.28. The van der Waals surface area contributed by atoms with Gasteiger partial charge >= 0.3 is 5.97 Å². The highest BCUT2D eigenvalue weighted by molar-refractivity contribution is 5.92. The van der Waals surface area contributed by atoms with Gasteiger partial charge in [-0.15, -0.1) is 0 Å². The molecule has 0 aliphatic heterocycles. The summed E-state index contributed by atoms with van der Waals surface area (Å²) in [6.45, 7) is 5.93. The molecule has 2 N–H and O–H groups in total. The Morgan fingerprint density at radius 2 is 2.07 bits per heavy atom. The summed E-state index contributed by atoms with van der Waals surface area (Å²) in [6.07, 6.45) is 0. The molecule has 0 unspecified atom stereocenters. The predicted molar refractivity (Wildman–Crippen MR) is 52.0 cm³/mol.